The van der Waals surface area contributed by atoms with Crippen LogP contribution in [0.1, 0.15) is 24.1 Å². The summed E-state index contributed by atoms with van der Waals surface area (Å²) in [6.07, 6.45) is 9.22. The number of thiazole rings is 1. The maximum atomic E-state index is 5.87. The van der Waals surface area contributed by atoms with Gasteiger partial charge in [-0.15, -0.1) is 11.3 Å². The fraction of sp³-hybridized carbons (Fsp3) is 0.500. The number of hydrogen-bond donors (Lipinski definition) is 1. The first-order chi connectivity index (χ1) is 9.86. The van der Waals surface area contributed by atoms with E-state index in [0.717, 1.165) is 24.6 Å². The van der Waals surface area contributed by atoms with E-state index < -0.39 is 0 Å². The van der Waals surface area contributed by atoms with Crippen LogP contribution in [0, 0.1) is 0 Å². The Balaban J connectivity index is 1.71. The smallest absolute Gasteiger partial charge is 0.188 e. The summed E-state index contributed by atoms with van der Waals surface area (Å²) < 4.78 is 0. The number of nitrogens with two attached hydrogens (primary N) is 1. The summed E-state index contributed by atoms with van der Waals surface area (Å²) in [5.74, 6) is 0.706. The molecule has 1 fully saturated rings. The van der Waals surface area contributed by atoms with Gasteiger partial charge in [0.1, 0.15) is 0 Å². The Labute approximate surface area is 122 Å². The van der Waals surface area contributed by atoms with Crippen LogP contribution in [0.25, 0.3) is 10.8 Å². The molecule has 2 aromatic rings. The summed E-state index contributed by atoms with van der Waals surface area (Å²) in [7, 11) is 0. The highest BCUT2D eigenvalue weighted by Gasteiger charge is 2.21. The molecule has 0 amide bonds. The molecule has 106 valence electrons. The molecule has 1 aliphatic heterocycles. The molecule has 5 nitrogen and oxygen atoms in total. The van der Waals surface area contributed by atoms with Gasteiger partial charge in [0.15, 0.2) is 10.8 Å². The first-order valence-corrected chi connectivity index (χ1v) is 7.84. The number of hydrogen-bond acceptors (Lipinski definition) is 6. The standard InChI is InChI=1S/C14H19N5S/c15-8-11-4-1-2-7-19(11)10-12-9-18-14(20-12)13-16-5-3-6-17-13/h3,5-6,9,11H,1-2,4,7-8,10,15H2/t11-/m0/s1. The molecule has 3 rings (SSSR count). The van der Waals surface area contributed by atoms with Gasteiger partial charge in [-0.1, -0.05) is 6.42 Å². The van der Waals surface area contributed by atoms with Crippen LogP contribution in [0.4, 0.5) is 0 Å². The fourth-order valence-electron chi connectivity index (χ4n) is 2.63. The van der Waals surface area contributed by atoms with Crippen molar-refractivity contribution in [3.63, 3.8) is 0 Å². The van der Waals surface area contributed by atoms with E-state index >= 15 is 0 Å². The average molecular weight is 289 g/mol. The SMILES string of the molecule is NC[C@@H]1CCCCN1Cc1cnc(-c2ncccn2)s1. The minimum absolute atomic E-state index is 0.516. The summed E-state index contributed by atoms with van der Waals surface area (Å²) in [6.45, 7) is 2.82. The topological polar surface area (TPSA) is 67.9 Å². The maximum Gasteiger partial charge on any atom is 0.188 e. The second-order valence-corrected chi connectivity index (χ2v) is 6.18. The van der Waals surface area contributed by atoms with Crippen molar-refractivity contribution in [1.82, 2.24) is 19.9 Å². The Morgan fingerprint density at radius 1 is 1.25 bits per heavy atom. The summed E-state index contributed by atoms with van der Waals surface area (Å²) in [5, 5.41) is 0.891. The van der Waals surface area contributed by atoms with Gasteiger partial charge in [-0.25, -0.2) is 15.0 Å². The number of rotatable bonds is 4. The average Bonchev–Trinajstić information content (AvgIpc) is 2.97. The molecule has 1 aliphatic rings. The van der Waals surface area contributed by atoms with E-state index in [2.05, 4.69) is 19.9 Å². The van der Waals surface area contributed by atoms with Crippen LogP contribution in [0.2, 0.25) is 0 Å². The molecular weight excluding hydrogens is 270 g/mol. The van der Waals surface area contributed by atoms with Gasteiger partial charge in [0.05, 0.1) is 0 Å². The first-order valence-electron chi connectivity index (χ1n) is 7.03. The third-order valence-electron chi connectivity index (χ3n) is 3.69. The zero-order valence-electron chi connectivity index (χ0n) is 11.4. The van der Waals surface area contributed by atoms with Crippen LogP contribution in [0.3, 0.4) is 0 Å². The van der Waals surface area contributed by atoms with Crippen molar-refractivity contribution in [2.75, 3.05) is 13.1 Å². The monoisotopic (exact) mass is 289 g/mol. The lowest BCUT2D eigenvalue weighted by Gasteiger charge is -2.34. The van der Waals surface area contributed by atoms with Crippen LogP contribution in [-0.2, 0) is 6.54 Å². The minimum atomic E-state index is 0.516. The molecule has 2 N–H and O–H groups in total. The molecule has 0 aromatic carbocycles. The second kappa shape index (κ2) is 6.39. The van der Waals surface area contributed by atoms with Crippen molar-refractivity contribution >= 4 is 11.3 Å². The molecule has 0 unspecified atom stereocenters. The Hall–Kier alpha value is -1.37. The van der Waals surface area contributed by atoms with Crippen molar-refractivity contribution in [3.05, 3.63) is 29.5 Å². The van der Waals surface area contributed by atoms with Gasteiger partial charge in [-0.2, -0.15) is 0 Å². The van der Waals surface area contributed by atoms with Crippen molar-refractivity contribution in [2.24, 2.45) is 5.73 Å². The first kappa shape index (κ1) is 13.6. The van der Waals surface area contributed by atoms with Gasteiger partial charge in [-0.05, 0) is 25.5 Å². The normalized spacial score (nSPS) is 20.1. The van der Waals surface area contributed by atoms with Gasteiger partial charge in [0.25, 0.3) is 0 Å². The summed E-state index contributed by atoms with van der Waals surface area (Å²) >= 11 is 1.67. The Morgan fingerprint density at radius 2 is 2.10 bits per heavy atom. The second-order valence-electron chi connectivity index (χ2n) is 5.06. The molecule has 1 saturated heterocycles. The van der Waals surface area contributed by atoms with E-state index in [4.69, 9.17) is 5.73 Å². The van der Waals surface area contributed by atoms with Gasteiger partial charge in [-0.3, -0.25) is 4.90 Å². The fourth-order valence-corrected chi connectivity index (χ4v) is 3.51. The lowest BCUT2D eigenvalue weighted by atomic mass is 10.0. The van der Waals surface area contributed by atoms with Crippen molar-refractivity contribution in [1.29, 1.82) is 0 Å². The molecule has 1 atom stereocenters. The number of piperidine rings is 1. The van der Waals surface area contributed by atoms with Crippen molar-refractivity contribution < 1.29 is 0 Å². The molecule has 0 bridgehead atoms. The maximum absolute atomic E-state index is 5.87. The Bertz CT molecular complexity index is 542. The Morgan fingerprint density at radius 3 is 2.90 bits per heavy atom. The Kier molecular flexibility index (Phi) is 4.34. The minimum Gasteiger partial charge on any atom is -0.329 e. The quantitative estimate of drug-likeness (QED) is 0.931. The molecule has 6 heteroatoms. The van der Waals surface area contributed by atoms with E-state index in [1.165, 1.54) is 24.1 Å². The van der Waals surface area contributed by atoms with Crippen LogP contribution in [0.5, 0.6) is 0 Å². The van der Waals surface area contributed by atoms with Gasteiger partial charge in [0, 0.05) is 42.6 Å². The zero-order chi connectivity index (χ0) is 13.8. The largest absolute Gasteiger partial charge is 0.329 e. The van der Waals surface area contributed by atoms with E-state index in [9.17, 15) is 0 Å². The molecule has 3 heterocycles. The summed E-state index contributed by atoms with van der Waals surface area (Å²) in [5.41, 5.74) is 5.87. The molecule has 0 saturated carbocycles. The molecule has 0 aliphatic carbocycles. The predicted molar refractivity (Wildman–Crippen MR) is 80.2 cm³/mol. The lowest BCUT2D eigenvalue weighted by molar-refractivity contribution is 0.146. The van der Waals surface area contributed by atoms with Gasteiger partial charge >= 0.3 is 0 Å². The van der Waals surface area contributed by atoms with Gasteiger partial charge < -0.3 is 5.73 Å². The highest BCUT2D eigenvalue weighted by molar-refractivity contribution is 7.14. The van der Waals surface area contributed by atoms with Crippen LogP contribution >= 0.6 is 11.3 Å². The number of likely N-dealkylation sites (tertiary alicyclic amines) is 1. The molecule has 0 spiro atoms. The molecule has 0 radical (unpaired) electrons. The van der Waals surface area contributed by atoms with Crippen LogP contribution in [0.15, 0.2) is 24.7 Å². The number of nitrogens with zero attached hydrogens (tertiary/aromatic N) is 4. The van der Waals surface area contributed by atoms with Gasteiger partial charge in [0.2, 0.25) is 0 Å². The van der Waals surface area contributed by atoms with E-state index in [-0.39, 0.29) is 0 Å². The summed E-state index contributed by atoms with van der Waals surface area (Å²) in [6, 6.07) is 2.33. The van der Waals surface area contributed by atoms with E-state index in [1.54, 1.807) is 23.7 Å². The predicted octanol–water partition coefficient (Wildman–Crippen LogP) is 1.91. The lowest BCUT2D eigenvalue weighted by Crippen LogP contribution is -2.43. The van der Waals surface area contributed by atoms with Crippen LogP contribution < -0.4 is 5.73 Å². The van der Waals surface area contributed by atoms with Crippen molar-refractivity contribution in [3.8, 4) is 10.8 Å². The highest BCUT2D eigenvalue weighted by Crippen LogP contribution is 2.25. The zero-order valence-corrected chi connectivity index (χ0v) is 12.2. The molecular formula is C14H19N5S. The van der Waals surface area contributed by atoms with E-state index in [1.807, 2.05) is 12.3 Å². The third kappa shape index (κ3) is 3.03. The van der Waals surface area contributed by atoms with E-state index in [0.29, 0.717) is 11.9 Å². The molecule has 20 heavy (non-hydrogen) atoms. The number of aromatic nitrogens is 3. The van der Waals surface area contributed by atoms with Crippen molar-refractivity contribution in [2.45, 2.75) is 31.8 Å². The van der Waals surface area contributed by atoms with Crippen LogP contribution in [-0.4, -0.2) is 39.0 Å². The molecule has 2 aromatic heterocycles. The summed E-state index contributed by atoms with van der Waals surface area (Å²) in [4.78, 5) is 16.7. The highest BCUT2D eigenvalue weighted by atomic mass is 32.1. The third-order valence-corrected chi connectivity index (χ3v) is 4.67.